The Morgan fingerprint density at radius 2 is 1.90 bits per heavy atom. The van der Waals surface area contributed by atoms with Gasteiger partial charge in [0.2, 0.25) is 0 Å². The fraction of sp³-hybridized carbons (Fsp3) is 0.217. The molecule has 5 aromatic rings. The van der Waals surface area contributed by atoms with E-state index in [0.717, 1.165) is 50.2 Å². The summed E-state index contributed by atoms with van der Waals surface area (Å²) in [6.45, 7) is 4.43. The summed E-state index contributed by atoms with van der Waals surface area (Å²) < 4.78 is 10.7. The highest BCUT2D eigenvalue weighted by molar-refractivity contribution is 6.04. The Hall–Kier alpha value is -3.94. The van der Waals surface area contributed by atoms with Crippen LogP contribution in [-0.4, -0.2) is 35.5 Å². The maximum atomic E-state index is 13.2. The van der Waals surface area contributed by atoms with Crippen LogP contribution in [0.1, 0.15) is 12.6 Å². The lowest BCUT2D eigenvalue weighted by molar-refractivity contribution is 0.339. The van der Waals surface area contributed by atoms with Crippen LogP contribution in [0.4, 0.5) is 0 Å². The van der Waals surface area contributed by atoms with Crippen molar-refractivity contribution in [2.24, 2.45) is 14.1 Å². The van der Waals surface area contributed by atoms with Gasteiger partial charge in [-0.2, -0.15) is 5.10 Å². The number of rotatable bonds is 4. The molecule has 156 valence electrons. The third-order valence-corrected chi connectivity index (χ3v) is 5.47. The Morgan fingerprint density at radius 3 is 2.65 bits per heavy atom. The zero-order valence-electron chi connectivity index (χ0n) is 17.8. The van der Waals surface area contributed by atoms with E-state index in [9.17, 15) is 4.79 Å². The molecule has 0 spiro atoms. The first-order valence-corrected chi connectivity index (χ1v) is 10.1. The first-order chi connectivity index (χ1) is 15.0. The lowest BCUT2D eigenvalue weighted by atomic mass is 10.0. The summed E-state index contributed by atoms with van der Waals surface area (Å²) in [5.41, 5.74) is 5.71. The summed E-state index contributed by atoms with van der Waals surface area (Å²) in [6.07, 6.45) is 7.12. The topological polar surface area (TPSA) is 79.8 Å². The van der Waals surface area contributed by atoms with Crippen molar-refractivity contribution in [1.29, 1.82) is 0 Å². The molecule has 1 aromatic carbocycles. The second-order valence-electron chi connectivity index (χ2n) is 7.52. The predicted octanol–water partition coefficient (Wildman–Crippen LogP) is 3.38. The van der Waals surface area contributed by atoms with E-state index < -0.39 is 0 Å². The minimum Gasteiger partial charge on any atom is -0.492 e. The van der Waals surface area contributed by atoms with Gasteiger partial charge in [-0.3, -0.25) is 23.8 Å². The van der Waals surface area contributed by atoms with Gasteiger partial charge in [-0.25, -0.2) is 4.79 Å². The summed E-state index contributed by atoms with van der Waals surface area (Å²) in [4.78, 5) is 22.1. The monoisotopic (exact) mass is 414 g/mol. The number of ether oxygens (including phenoxy) is 1. The molecule has 0 bridgehead atoms. The summed E-state index contributed by atoms with van der Waals surface area (Å²) in [7, 11) is 3.61. The average molecular weight is 414 g/mol. The van der Waals surface area contributed by atoms with Crippen LogP contribution in [0.25, 0.3) is 38.8 Å². The lowest BCUT2D eigenvalue weighted by Crippen LogP contribution is -2.21. The van der Waals surface area contributed by atoms with E-state index >= 15 is 0 Å². The molecule has 0 aliphatic heterocycles. The number of hydrogen-bond donors (Lipinski definition) is 0. The van der Waals surface area contributed by atoms with E-state index in [0.29, 0.717) is 6.61 Å². The molecule has 0 atom stereocenters. The number of fused-ring (bicyclic) bond motifs is 3. The van der Waals surface area contributed by atoms with Crippen LogP contribution in [0.5, 0.6) is 5.75 Å². The molecule has 8 heteroatoms. The molecule has 8 nitrogen and oxygen atoms in total. The fourth-order valence-electron chi connectivity index (χ4n) is 4.03. The Bertz CT molecular complexity index is 1510. The number of hydrogen-bond acceptors (Lipinski definition) is 5. The van der Waals surface area contributed by atoms with E-state index in [4.69, 9.17) is 4.74 Å². The van der Waals surface area contributed by atoms with Crippen molar-refractivity contribution in [1.82, 2.24) is 28.9 Å². The number of nitrogens with zero attached hydrogens (tertiary/aromatic N) is 6. The second-order valence-corrected chi connectivity index (χ2v) is 7.52. The van der Waals surface area contributed by atoms with Crippen molar-refractivity contribution < 1.29 is 4.74 Å². The van der Waals surface area contributed by atoms with Gasteiger partial charge >= 0.3 is 5.69 Å². The Morgan fingerprint density at radius 1 is 1.06 bits per heavy atom. The van der Waals surface area contributed by atoms with Crippen molar-refractivity contribution in [3.05, 3.63) is 65.2 Å². The quantitative estimate of drug-likeness (QED) is 0.450. The van der Waals surface area contributed by atoms with Gasteiger partial charge in [0.1, 0.15) is 5.75 Å². The molecule has 4 heterocycles. The second kappa shape index (κ2) is 7.09. The van der Waals surface area contributed by atoms with E-state index in [-0.39, 0.29) is 5.69 Å². The summed E-state index contributed by atoms with van der Waals surface area (Å²) in [5, 5.41) is 5.31. The Kier molecular flexibility index (Phi) is 4.35. The van der Waals surface area contributed by atoms with Crippen LogP contribution in [0.3, 0.4) is 0 Å². The van der Waals surface area contributed by atoms with Gasteiger partial charge in [-0.15, -0.1) is 0 Å². The molecule has 0 saturated carbocycles. The maximum Gasteiger partial charge on any atom is 0.333 e. The van der Waals surface area contributed by atoms with Crippen LogP contribution in [-0.2, 0) is 14.1 Å². The summed E-state index contributed by atoms with van der Waals surface area (Å²) >= 11 is 0. The molecule has 4 aromatic heterocycles. The Balaban J connectivity index is 1.83. The van der Waals surface area contributed by atoms with Gasteiger partial charge in [0.05, 0.1) is 46.9 Å². The van der Waals surface area contributed by atoms with Gasteiger partial charge in [-0.1, -0.05) is 6.07 Å². The largest absolute Gasteiger partial charge is 0.492 e. The summed E-state index contributed by atoms with van der Waals surface area (Å²) in [6, 6.07) is 8.00. The zero-order valence-corrected chi connectivity index (χ0v) is 17.8. The molecular formula is C23H22N6O2. The zero-order chi connectivity index (χ0) is 21.7. The van der Waals surface area contributed by atoms with E-state index in [1.165, 1.54) is 0 Å². The summed E-state index contributed by atoms with van der Waals surface area (Å²) in [5.74, 6) is 0.721. The van der Waals surface area contributed by atoms with Gasteiger partial charge in [0.25, 0.3) is 0 Å². The molecule has 0 N–H and O–H groups in total. The maximum absolute atomic E-state index is 13.2. The number of aryl methyl sites for hydroxylation is 3. The van der Waals surface area contributed by atoms with Gasteiger partial charge in [0.15, 0.2) is 0 Å². The molecule has 0 aliphatic carbocycles. The minimum atomic E-state index is -0.134. The van der Waals surface area contributed by atoms with Crippen molar-refractivity contribution in [2.75, 3.05) is 6.61 Å². The van der Waals surface area contributed by atoms with Gasteiger partial charge in [-0.05, 0) is 37.6 Å². The standard InChI is InChI=1S/C23H22N6O2/c1-5-31-17-8-16(10-24-11-17)15-6-7-19-18(9-15)22-20(12-25-19)28(4)23(30)29(22)21-13-27(3)26-14(21)2/h6-13H,5H2,1-4H3. The number of aromatic nitrogens is 6. The van der Waals surface area contributed by atoms with Crippen LogP contribution < -0.4 is 10.4 Å². The van der Waals surface area contributed by atoms with Crippen molar-refractivity contribution in [3.8, 4) is 22.6 Å². The molecule has 31 heavy (non-hydrogen) atoms. The smallest absolute Gasteiger partial charge is 0.333 e. The third-order valence-electron chi connectivity index (χ3n) is 5.47. The number of imidazole rings is 1. The highest BCUT2D eigenvalue weighted by atomic mass is 16.5. The van der Waals surface area contributed by atoms with Crippen molar-refractivity contribution in [2.45, 2.75) is 13.8 Å². The molecule has 0 saturated heterocycles. The molecule has 0 fully saturated rings. The predicted molar refractivity (Wildman–Crippen MR) is 120 cm³/mol. The minimum absolute atomic E-state index is 0.134. The van der Waals surface area contributed by atoms with E-state index in [1.807, 2.05) is 45.3 Å². The molecule has 0 unspecified atom stereocenters. The van der Waals surface area contributed by atoms with Crippen molar-refractivity contribution >= 4 is 21.9 Å². The normalized spacial score (nSPS) is 11.5. The van der Waals surface area contributed by atoms with Crippen LogP contribution in [0.2, 0.25) is 0 Å². The van der Waals surface area contributed by atoms with Gasteiger partial charge < -0.3 is 4.74 Å². The number of pyridine rings is 2. The van der Waals surface area contributed by atoms with Gasteiger partial charge in [0, 0.05) is 37.4 Å². The highest BCUT2D eigenvalue weighted by Gasteiger charge is 2.19. The first kappa shape index (κ1) is 19.0. The molecule has 0 aliphatic rings. The molecule has 0 radical (unpaired) electrons. The molecular weight excluding hydrogens is 392 g/mol. The van der Waals surface area contributed by atoms with Crippen LogP contribution >= 0.6 is 0 Å². The van der Waals surface area contributed by atoms with Crippen LogP contribution in [0, 0.1) is 6.92 Å². The number of benzene rings is 1. The Labute approximate surface area is 178 Å². The molecule has 0 amide bonds. The van der Waals surface area contributed by atoms with Crippen LogP contribution in [0.15, 0.2) is 53.8 Å². The highest BCUT2D eigenvalue weighted by Crippen LogP contribution is 2.31. The SMILES string of the molecule is CCOc1cncc(-c2ccc3ncc4c(c3c2)n(-c2cn(C)nc2C)c(=O)n4C)c1. The molecule has 5 rings (SSSR count). The first-order valence-electron chi connectivity index (χ1n) is 10.1. The van der Waals surface area contributed by atoms with E-state index in [1.54, 1.807) is 39.5 Å². The van der Waals surface area contributed by atoms with Crippen molar-refractivity contribution in [3.63, 3.8) is 0 Å². The fourth-order valence-corrected chi connectivity index (χ4v) is 4.03. The average Bonchev–Trinajstić information content (AvgIpc) is 3.23. The van der Waals surface area contributed by atoms with E-state index in [2.05, 4.69) is 21.1 Å². The lowest BCUT2D eigenvalue weighted by Gasteiger charge is -2.09. The third kappa shape index (κ3) is 2.99.